The van der Waals surface area contributed by atoms with Gasteiger partial charge in [-0.25, -0.2) is 9.97 Å². The molecule has 0 spiro atoms. The van der Waals surface area contributed by atoms with Crippen molar-refractivity contribution in [2.75, 3.05) is 24.9 Å². The molecule has 0 unspecified atom stereocenters. The quantitative estimate of drug-likeness (QED) is 0.489. The van der Waals surface area contributed by atoms with E-state index in [1.54, 1.807) is 26.6 Å². The predicted molar refractivity (Wildman–Crippen MR) is 112 cm³/mol. The lowest BCUT2D eigenvalue weighted by atomic mass is 10.1. The molecule has 2 N–H and O–H groups in total. The Kier molecular flexibility index (Phi) is 4.93. The number of rotatable bonds is 6. The zero-order chi connectivity index (χ0) is 19.3. The van der Waals surface area contributed by atoms with Crippen LogP contribution in [0.15, 0.2) is 73.1 Å². The molecule has 140 valence electrons. The zero-order valence-electron chi connectivity index (χ0n) is 15.6. The van der Waals surface area contributed by atoms with Crippen LogP contribution in [0, 0.1) is 0 Å². The number of hydrogen-bond donors (Lipinski definition) is 2. The number of fused-ring (bicyclic) bond motifs is 1. The van der Waals surface area contributed by atoms with Crippen LogP contribution in [-0.2, 0) is 0 Å². The average molecular weight is 372 g/mol. The first-order valence-corrected chi connectivity index (χ1v) is 8.84. The van der Waals surface area contributed by atoms with Crippen LogP contribution >= 0.6 is 0 Å². The number of anilines is 4. The first-order valence-electron chi connectivity index (χ1n) is 8.84. The van der Waals surface area contributed by atoms with Gasteiger partial charge in [-0.1, -0.05) is 24.3 Å². The first kappa shape index (κ1) is 17.6. The lowest BCUT2D eigenvalue weighted by molar-refractivity contribution is 0.415. The molecule has 0 aliphatic carbocycles. The second kappa shape index (κ2) is 7.84. The van der Waals surface area contributed by atoms with Gasteiger partial charge in [-0.15, -0.1) is 0 Å². The topological polar surface area (TPSA) is 68.3 Å². The number of aromatic nitrogens is 2. The number of hydrogen-bond acceptors (Lipinski definition) is 6. The summed E-state index contributed by atoms with van der Waals surface area (Å²) in [6.45, 7) is 0. The number of ether oxygens (including phenoxy) is 2. The van der Waals surface area contributed by atoms with E-state index in [0.29, 0.717) is 23.1 Å². The summed E-state index contributed by atoms with van der Waals surface area (Å²) >= 11 is 0. The van der Waals surface area contributed by atoms with E-state index in [0.717, 1.165) is 22.1 Å². The summed E-state index contributed by atoms with van der Waals surface area (Å²) < 4.78 is 10.8. The molecule has 28 heavy (non-hydrogen) atoms. The van der Waals surface area contributed by atoms with E-state index in [4.69, 9.17) is 9.47 Å². The van der Waals surface area contributed by atoms with E-state index in [2.05, 4.69) is 32.7 Å². The normalized spacial score (nSPS) is 10.5. The van der Waals surface area contributed by atoms with Gasteiger partial charge < -0.3 is 20.1 Å². The van der Waals surface area contributed by atoms with Crippen LogP contribution < -0.4 is 20.1 Å². The summed E-state index contributed by atoms with van der Waals surface area (Å²) in [5.41, 5.74) is 1.82. The van der Waals surface area contributed by atoms with Crippen LogP contribution in [0.3, 0.4) is 0 Å². The van der Waals surface area contributed by atoms with Gasteiger partial charge in [-0.05, 0) is 41.8 Å². The maximum absolute atomic E-state index is 5.42. The SMILES string of the molecule is COc1cccnc1Nc1cccc2cccc(Nc3ncccc3OC)c12. The van der Waals surface area contributed by atoms with E-state index in [-0.39, 0.29) is 0 Å². The molecule has 0 radical (unpaired) electrons. The van der Waals surface area contributed by atoms with Gasteiger partial charge in [0.1, 0.15) is 0 Å². The molecule has 0 bridgehead atoms. The Morgan fingerprint density at radius 2 is 1.14 bits per heavy atom. The highest BCUT2D eigenvalue weighted by molar-refractivity contribution is 6.05. The van der Waals surface area contributed by atoms with Gasteiger partial charge in [0.2, 0.25) is 0 Å². The number of nitrogens with zero attached hydrogens (tertiary/aromatic N) is 2. The molecule has 2 aromatic carbocycles. The fourth-order valence-corrected chi connectivity index (χ4v) is 3.10. The molecule has 0 atom stereocenters. The highest BCUT2D eigenvalue weighted by Crippen LogP contribution is 2.36. The second-order valence-electron chi connectivity index (χ2n) is 6.07. The predicted octanol–water partition coefficient (Wildman–Crippen LogP) is 5.13. The van der Waals surface area contributed by atoms with Crippen LogP contribution in [0.25, 0.3) is 10.8 Å². The fourth-order valence-electron chi connectivity index (χ4n) is 3.10. The number of pyridine rings is 2. The monoisotopic (exact) mass is 372 g/mol. The van der Waals surface area contributed by atoms with E-state index in [9.17, 15) is 0 Å². The van der Waals surface area contributed by atoms with Crippen molar-refractivity contribution in [3.63, 3.8) is 0 Å². The van der Waals surface area contributed by atoms with Crippen LogP contribution in [0.1, 0.15) is 0 Å². The van der Waals surface area contributed by atoms with Crippen LogP contribution in [-0.4, -0.2) is 24.2 Å². The van der Waals surface area contributed by atoms with Gasteiger partial charge in [0.05, 0.1) is 14.2 Å². The van der Waals surface area contributed by atoms with Crippen molar-refractivity contribution in [3.05, 3.63) is 73.1 Å². The van der Waals surface area contributed by atoms with Gasteiger partial charge in [0.15, 0.2) is 23.1 Å². The van der Waals surface area contributed by atoms with Gasteiger partial charge in [-0.3, -0.25) is 0 Å². The molecule has 4 aromatic rings. The summed E-state index contributed by atoms with van der Waals surface area (Å²) in [5.74, 6) is 2.66. The molecular weight excluding hydrogens is 352 g/mol. The Balaban J connectivity index is 1.80. The Bertz CT molecular complexity index is 1030. The number of methoxy groups -OCH3 is 2. The van der Waals surface area contributed by atoms with Crippen molar-refractivity contribution in [1.82, 2.24) is 9.97 Å². The maximum atomic E-state index is 5.42. The lowest BCUT2D eigenvalue weighted by Gasteiger charge is -2.16. The third-order valence-electron chi connectivity index (χ3n) is 4.39. The number of benzene rings is 2. The Hall–Kier alpha value is -3.80. The lowest BCUT2D eigenvalue weighted by Crippen LogP contribution is -2.01. The van der Waals surface area contributed by atoms with Crippen LogP contribution in [0.2, 0.25) is 0 Å². The molecule has 2 aromatic heterocycles. The van der Waals surface area contributed by atoms with Crippen molar-refractivity contribution >= 4 is 33.8 Å². The van der Waals surface area contributed by atoms with E-state index in [1.165, 1.54) is 0 Å². The summed E-state index contributed by atoms with van der Waals surface area (Å²) in [7, 11) is 3.26. The Morgan fingerprint density at radius 3 is 1.61 bits per heavy atom. The van der Waals surface area contributed by atoms with Crippen LogP contribution in [0.4, 0.5) is 23.0 Å². The fraction of sp³-hybridized carbons (Fsp3) is 0.0909. The van der Waals surface area contributed by atoms with E-state index in [1.807, 2.05) is 48.5 Å². The van der Waals surface area contributed by atoms with E-state index >= 15 is 0 Å². The summed E-state index contributed by atoms with van der Waals surface area (Å²) in [6.07, 6.45) is 3.46. The third-order valence-corrected chi connectivity index (χ3v) is 4.39. The number of nitrogens with one attached hydrogen (secondary N) is 2. The Morgan fingerprint density at radius 1 is 0.643 bits per heavy atom. The summed E-state index contributed by atoms with van der Waals surface area (Å²) in [6, 6.07) is 19.6. The molecule has 6 heteroatoms. The smallest absolute Gasteiger partial charge is 0.173 e. The second-order valence-corrected chi connectivity index (χ2v) is 6.07. The largest absolute Gasteiger partial charge is 0.493 e. The molecule has 0 aliphatic heterocycles. The van der Waals surface area contributed by atoms with Crippen molar-refractivity contribution < 1.29 is 9.47 Å². The van der Waals surface area contributed by atoms with Gasteiger partial charge in [0.25, 0.3) is 0 Å². The molecule has 0 fully saturated rings. The Labute approximate surface area is 163 Å². The molecule has 6 nitrogen and oxygen atoms in total. The van der Waals surface area contributed by atoms with Gasteiger partial charge in [-0.2, -0.15) is 0 Å². The minimum atomic E-state index is 0.655. The molecule has 0 amide bonds. The first-order chi connectivity index (χ1) is 13.8. The third kappa shape index (κ3) is 3.40. The summed E-state index contributed by atoms with van der Waals surface area (Å²) in [5, 5.41) is 8.89. The summed E-state index contributed by atoms with van der Waals surface area (Å²) in [4.78, 5) is 8.81. The van der Waals surface area contributed by atoms with Crippen molar-refractivity contribution in [1.29, 1.82) is 0 Å². The van der Waals surface area contributed by atoms with Crippen molar-refractivity contribution in [2.24, 2.45) is 0 Å². The van der Waals surface area contributed by atoms with Crippen LogP contribution in [0.5, 0.6) is 11.5 Å². The highest BCUT2D eigenvalue weighted by atomic mass is 16.5. The highest BCUT2D eigenvalue weighted by Gasteiger charge is 2.12. The minimum absolute atomic E-state index is 0.655. The van der Waals surface area contributed by atoms with E-state index < -0.39 is 0 Å². The average Bonchev–Trinajstić information content (AvgIpc) is 2.75. The van der Waals surface area contributed by atoms with Crippen molar-refractivity contribution in [3.8, 4) is 11.5 Å². The molecule has 0 saturated carbocycles. The maximum Gasteiger partial charge on any atom is 0.173 e. The molecular formula is C22H20N4O2. The van der Waals surface area contributed by atoms with Crippen molar-refractivity contribution in [2.45, 2.75) is 0 Å². The molecule has 2 heterocycles. The standard InChI is InChI=1S/C22H20N4O2/c1-27-18-11-5-13-23-21(18)25-16-9-3-7-15-8-4-10-17(20(15)16)26-22-19(28-2)12-6-14-24-22/h3-14H,1-2H3,(H,23,25)(H,24,26). The minimum Gasteiger partial charge on any atom is -0.493 e. The molecule has 0 saturated heterocycles. The zero-order valence-corrected chi connectivity index (χ0v) is 15.6. The molecule has 0 aliphatic rings. The molecule has 4 rings (SSSR count). The van der Waals surface area contributed by atoms with Gasteiger partial charge >= 0.3 is 0 Å². The van der Waals surface area contributed by atoms with Gasteiger partial charge in [0, 0.05) is 29.2 Å².